The molecule has 5 nitrogen and oxygen atoms in total. The molecule has 2 amide bonds. The number of benzene rings is 1. The van der Waals surface area contributed by atoms with Crippen molar-refractivity contribution in [2.24, 2.45) is 0 Å². The van der Waals surface area contributed by atoms with Crippen molar-refractivity contribution in [2.45, 2.75) is 19.3 Å². The Balaban J connectivity index is 1.46. The molecule has 1 heterocycles. The fourth-order valence-corrected chi connectivity index (χ4v) is 2.56. The second-order valence-electron chi connectivity index (χ2n) is 5.72. The molecule has 6 heteroatoms. The van der Waals surface area contributed by atoms with Gasteiger partial charge in [-0.25, -0.2) is 9.18 Å². The third-order valence-corrected chi connectivity index (χ3v) is 3.88. The second kappa shape index (κ2) is 10.2. The third-order valence-electron chi connectivity index (χ3n) is 3.88. The summed E-state index contributed by atoms with van der Waals surface area (Å²) >= 11 is 0. The average Bonchev–Trinajstić information content (AvgIpc) is 2.55. The first-order chi connectivity index (χ1) is 11.2. The Morgan fingerprint density at radius 1 is 1.17 bits per heavy atom. The van der Waals surface area contributed by atoms with Gasteiger partial charge in [-0.2, -0.15) is 0 Å². The van der Waals surface area contributed by atoms with Crippen molar-refractivity contribution in [1.82, 2.24) is 15.5 Å². The van der Waals surface area contributed by atoms with E-state index in [0.717, 1.165) is 51.3 Å². The van der Waals surface area contributed by atoms with E-state index in [1.807, 2.05) is 6.07 Å². The minimum absolute atomic E-state index is 0.159. The summed E-state index contributed by atoms with van der Waals surface area (Å²) in [5.74, 6) is -0.243. The fraction of sp³-hybridized carbons (Fsp3) is 0.588. The molecule has 2 rings (SSSR count). The normalized spacial score (nSPS) is 15.3. The minimum Gasteiger partial charge on any atom is -0.379 e. The topological polar surface area (TPSA) is 53.6 Å². The molecule has 1 aliphatic heterocycles. The van der Waals surface area contributed by atoms with Crippen LogP contribution in [0.25, 0.3) is 0 Å². The van der Waals surface area contributed by atoms with Gasteiger partial charge in [0, 0.05) is 26.2 Å². The zero-order valence-electron chi connectivity index (χ0n) is 13.5. The van der Waals surface area contributed by atoms with Crippen LogP contribution in [-0.2, 0) is 11.2 Å². The van der Waals surface area contributed by atoms with Gasteiger partial charge in [-0.05, 0) is 43.5 Å². The fourth-order valence-electron chi connectivity index (χ4n) is 2.56. The molecule has 23 heavy (non-hydrogen) atoms. The molecule has 0 aromatic heterocycles. The van der Waals surface area contributed by atoms with Gasteiger partial charge in [0.25, 0.3) is 0 Å². The first-order valence-corrected chi connectivity index (χ1v) is 8.30. The van der Waals surface area contributed by atoms with Crippen molar-refractivity contribution in [3.8, 4) is 0 Å². The quantitative estimate of drug-likeness (QED) is 0.717. The molecular formula is C17H26FN3O2. The summed E-state index contributed by atoms with van der Waals surface area (Å²) in [4.78, 5) is 14.0. The highest BCUT2D eigenvalue weighted by Gasteiger charge is 2.09. The molecule has 0 radical (unpaired) electrons. The van der Waals surface area contributed by atoms with E-state index in [1.165, 1.54) is 12.1 Å². The Bertz CT molecular complexity index is 479. The van der Waals surface area contributed by atoms with Gasteiger partial charge in [0.1, 0.15) is 5.82 Å². The maximum Gasteiger partial charge on any atom is 0.314 e. The van der Waals surface area contributed by atoms with Crippen LogP contribution in [0.5, 0.6) is 0 Å². The van der Waals surface area contributed by atoms with E-state index in [4.69, 9.17) is 4.74 Å². The molecule has 1 aliphatic rings. The predicted octanol–water partition coefficient (Wildman–Crippen LogP) is 1.78. The van der Waals surface area contributed by atoms with Crippen LogP contribution in [0, 0.1) is 5.82 Å². The highest BCUT2D eigenvalue weighted by Crippen LogP contribution is 2.03. The third kappa shape index (κ3) is 7.43. The Kier molecular flexibility index (Phi) is 7.83. The van der Waals surface area contributed by atoms with E-state index >= 15 is 0 Å². The lowest BCUT2D eigenvalue weighted by Crippen LogP contribution is -2.38. The molecule has 0 bridgehead atoms. The number of nitrogens with one attached hydrogen (secondary N) is 2. The standard InChI is InChI=1S/C17H26FN3O2/c18-16-5-3-4-15(14-16)6-8-20-17(22)19-7-1-2-9-21-10-12-23-13-11-21/h3-5,14H,1-2,6-13H2,(H2,19,20,22). The van der Waals surface area contributed by atoms with Crippen molar-refractivity contribution >= 4 is 6.03 Å². The second-order valence-corrected chi connectivity index (χ2v) is 5.72. The van der Waals surface area contributed by atoms with Crippen LogP contribution in [0.2, 0.25) is 0 Å². The molecule has 0 spiro atoms. The van der Waals surface area contributed by atoms with Crippen molar-refractivity contribution in [1.29, 1.82) is 0 Å². The summed E-state index contributed by atoms with van der Waals surface area (Å²) in [6.07, 6.45) is 2.67. The van der Waals surface area contributed by atoms with Crippen LogP contribution in [0.3, 0.4) is 0 Å². The van der Waals surface area contributed by atoms with E-state index in [1.54, 1.807) is 6.07 Å². The van der Waals surface area contributed by atoms with E-state index in [2.05, 4.69) is 15.5 Å². The zero-order valence-corrected chi connectivity index (χ0v) is 13.5. The van der Waals surface area contributed by atoms with Gasteiger partial charge in [0.05, 0.1) is 13.2 Å². The number of amides is 2. The van der Waals surface area contributed by atoms with Gasteiger partial charge >= 0.3 is 6.03 Å². The van der Waals surface area contributed by atoms with E-state index in [0.29, 0.717) is 19.5 Å². The Labute approximate surface area is 137 Å². The first-order valence-electron chi connectivity index (χ1n) is 8.30. The summed E-state index contributed by atoms with van der Waals surface area (Å²) in [6.45, 7) is 5.91. The van der Waals surface area contributed by atoms with Crippen molar-refractivity contribution in [2.75, 3.05) is 45.9 Å². The van der Waals surface area contributed by atoms with E-state index in [-0.39, 0.29) is 11.8 Å². The number of rotatable bonds is 8. The molecule has 0 saturated carbocycles. The van der Waals surface area contributed by atoms with Crippen molar-refractivity contribution < 1.29 is 13.9 Å². The smallest absolute Gasteiger partial charge is 0.314 e. The average molecular weight is 323 g/mol. The zero-order chi connectivity index (χ0) is 16.3. The van der Waals surface area contributed by atoms with Gasteiger partial charge in [0.2, 0.25) is 0 Å². The monoisotopic (exact) mass is 323 g/mol. The van der Waals surface area contributed by atoms with Crippen LogP contribution in [0.1, 0.15) is 18.4 Å². The van der Waals surface area contributed by atoms with Crippen LogP contribution in [-0.4, -0.2) is 56.9 Å². The summed E-state index contributed by atoms with van der Waals surface area (Å²) in [6, 6.07) is 6.28. The van der Waals surface area contributed by atoms with Gasteiger partial charge in [0.15, 0.2) is 0 Å². The number of hydrogen-bond acceptors (Lipinski definition) is 3. The molecule has 1 fully saturated rings. The van der Waals surface area contributed by atoms with Crippen LogP contribution in [0.15, 0.2) is 24.3 Å². The maximum atomic E-state index is 13.0. The van der Waals surface area contributed by atoms with Gasteiger partial charge in [-0.15, -0.1) is 0 Å². The highest BCUT2D eigenvalue weighted by atomic mass is 19.1. The number of ether oxygens (including phenoxy) is 1. The van der Waals surface area contributed by atoms with Crippen molar-refractivity contribution in [3.63, 3.8) is 0 Å². The predicted molar refractivity (Wildman–Crippen MR) is 88.0 cm³/mol. The molecule has 2 N–H and O–H groups in total. The van der Waals surface area contributed by atoms with E-state index in [9.17, 15) is 9.18 Å². The van der Waals surface area contributed by atoms with E-state index < -0.39 is 0 Å². The lowest BCUT2D eigenvalue weighted by molar-refractivity contribution is 0.0372. The van der Waals surface area contributed by atoms with Crippen molar-refractivity contribution in [3.05, 3.63) is 35.6 Å². The summed E-state index contributed by atoms with van der Waals surface area (Å²) in [5.41, 5.74) is 0.885. The molecule has 0 unspecified atom stereocenters. The number of nitrogens with zero attached hydrogens (tertiary/aromatic N) is 1. The molecule has 128 valence electrons. The van der Waals surface area contributed by atoms with Crippen LogP contribution in [0.4, 0.5) is 9.18 Å². The Morgan fingerprint density at radius 2 is 1.96 bits per heavy atom. The van der Waals surface area contributed by atoms with Gasteiger partial charge < -0.3 is 15.4 Å². The molecule has 1 aromatic carbocycles. The number of carbonyl (C=O) groups is 1. The molecule has 0 atom stereocenters. The van der Waals surface area contributed by atoms with Crippen LogP contribution < -0.4 is 10.6 Å². The van der Waals surface area contributed by atoms with Crippen LogP contribution >= 0.6 is 0 Å². The first kappa shape index (κ1) is 17.7. The number of hydrogen-bond donors (Lipinski definition) is 2. The van der Waals surface area contributed by atoms with Gasteiger partial charge in [-0.1, -0.05) is 12.1 Å². The number of morpholine rings is 1. The van der Waals surface area contributed by atoms with Gasteiger partial charge in [-0.3, -0.25) is 4.90 Å². The molecule has 0 aliphatic carbocycles. The number of unbranched alkanes of at least 4 members (excludes halogenated alkanes) is 1. The summed E-state index contributed by atoms with van der Waals surface area (Å²) in [5, 5.41) is 5.64. The lowest BCUT2D eigenvalue weighted by Gasteiger charge is -2.26. The molecule has 1 saturated heterocycles. The molecular weight excluding hydrogens is 297 g/mol. The minimum atomic E-state index is -0.243. The summed E-state index contributed by atoms with van der Waals surface area (Å²) in [7, 11) is 0. The highest BCUT2D eigenvalue weighted by molar-refractivity contribution is 5.73. The number of urea groups is 1. The lowest BCUT2D eigenvalue weighted by atomic mass is 10.1. The number of carbonyl (C=O) groups excluding carboxylic acids is 1. The molecule has 1 aromatic rings. The SMILES string of the molecule is O=C(NCCCCN1CCOCC1)NCCc1cccc(F)c1. The Hall–Kier alpha value is -1.66. The Morgan fingerprint density at radius 3 is 2.74 bits per heavy atom. The maximum absolute atomic E-state index is 13.0. The largest absolute Gasteiger partial charge is 0.379 e. The number of halogens is 1. The summed E-state index contributed by atoms with van der Waals surface area (Å²) < 4.78 is 18.3.